The number of pyridine rings is 2. The summed E-state index contributed by atoms with van der Waals surface area (Å²) in [6.45, 7) is 2.23. The summed E-state index contributed by atoms with van der Waals surface area (Å²) in [6.07, 6.45) is 4.12. The maximum absolute atomic E-state index is 14.3. The zero-order valence-electron chi connectivity index (χ0n) is 20.0. The number of carboxylic acid groups (broad SMARTS) is 1. The Bertz CT molecular complexity index is 1050. The SMILES string of the molecule is N[C@H]1CC[C@H](Nc2cc(-c3cnc(F)c(NCC4CCOCC4)c3)c(Cl)cn2)CC1.O=C(O)C(F)(F)F. The first-order valence-electron chi connectivity index (χ1n) is 12.0. The Hall–Kier alpha value is -2.70. The topological polar surface area (TPSA) is 122 Å². The number of nitrogens with one attached hydrogen (secondary N) is 2. The minimum atomic E-state index is -5.08. The number of rotatable bonds is 6. The van der Waals surface area contributed by atoms with E-state index in [0.717, 1.165) is 68.7 Å². The second kappa shape index (κ2) is 13.2. The fourth-order valence-corrected chi connectivity index (χ4v) is 4.35. The number of carbonyl (C=O) groups is 1. The summed E-state index contributed by atoms with van der Waals surface area (Å²) < 4.78 is 51.4. The third kappa shape index (κ3) is 8.97. The van der Waals surface area contributed by atoms with Crippen LogP contribution in [-0.2, 0) is 9.53 Å². The van der Waals surface area contributed by atoms with E-state index in [1.54, 1.807) is 12.3 Å². The Labute approximate surface area is 217 Å². The van der Waals surface area contributed by atoms with Crippen molar-refractivity contribution in [3.8, 4) is 11.1 Å². The summed E-state index contributed by atoms with van der Waals surface area (Å²) in [6, 6.07) is 4.34. The maximum Gasteiger partial charge on any atom is 0.490 e. The van der Waals surface area contributed by atoms with Crippen LogP contribution in [0.25, 0.3) is 11.1 Å². The first-order chi connectivity index (χ1) is 17.5. The van der Waals surface area contributed by atoms with E-state index in [1.165, 1.54) is 6.20 Å². The molecule has 1 saturated heterocycles. The van der Waals surface area contributed by atoms with Crippen molar-refractivity contribution in [2.24, 2.45) is 11.7 Å². The van der Waals surface area contributed by atoms with Crippen molar-refractivity contribution in [3.05, 3.63) is 35.5 Å². The molecule has 37 heavy (non-hydrogen) atoms. The highest BCUT2D eigenvalue weighted by Crippen LogP contribution is 2.32. The summed E-state index contributed by atoms with van der Waals surface area (Å²) in [5, 5.41) is 14.3. The minimum absolute atomic E-state index is 0.300. The highest BCUT2D eigenvalue weighted by atomic mass is 35.5. The fourth-order valence-electron chi connectivity index (χ4n) is 4.14. The van der Waals surface area contributed by atoms with Gasteiger partial charge in [-0.15, -0.1) is 0 Å². The number of nitrogens with two attached hydrogens (primary N) is 1. The van der Waals surface area contributed by atoms with Crippen LogP contribution in [0.4, 0.5) is 29.1 Å². The number of carboxylic acids is 1. The fraction of sp³-hybridized carbons (Fsp3) is 0.542. The number of aromatic nitrogens is 2. The van der Waals surface area contributed by atoms with Crippen LogP contribution in [0, 0.1) is 11.9 Å². The molecule has 204 valence electrons. The molecule has 3 heterocycles. The number of anilines is 2. The van der Waals surface area contributed by atoms with Crippen molar-refractivity contribution in [3.63, 3.8) is 0 Å². The van der Waals surface area contributed by atoms with Crippen LogP contribution >= 0.6 is 11.6 Å². The predicted octanol–water partition coefficient (Wildman–Crippen LogP) is 5.09. The Morgan fingerprint density at radius 1 is 1.11 bits per heavy atom. The van der Waals surface area contributed by atoms with Gasteiger partial charge in [-0.3, -0.25) is 0 Å². The van der Waals surface area contributed by atoms with Crippen molar-refractivity contribution in [1.82, 2.24) is 9.97 Å². The van der Waals surface area contributed by atoms with Gasteiger partial charge in [0.1, 0.15) is 5.82 Å². The molecule has 0 bridgehead atoms. The lowest BCUT2D eigenvalue weighted by Crippen LogP contribution is -2.33. The second-order valence-corrected chi connectivity index (χ2v) is 9.51. The van der Waals surface area contributed by atoms with E-state index in [9.17, 15) is 17.6 Å². The van der Waals surface area contributed by atoms with E-state index < -0.39 is 18.1 Å². The molecule has 0 spiro atoms. The monoisotopic (exact) mass is 547 g/mol. The van der Waals surface area contributed by atoms with Gasteiger partial charge in [-0.05, 0) is 56.6 Å². The van der Waals surface area contributed by atoms with Gasteiger partial charge in [0.2, 0.25) is 5.95 Å². The second-order valence-electron chi connectivity index (χ2n) is 9.11. The van der Waals surface area contributed by atoms with Crippen LogP contribution < -0.4 is 16.4 Å². The van der Waals surface area contributed by atoms with E-state index in [2.05, 4.69) is 20.6 Å². The van der Waals surface area contributed by atoms with Gasteiger partial charge in [-0.2, -0.15) is 17.6 Å². The molecular weight excluding hydrogens is 518 g/mol. The third-order valence-corrected chi connectivity index (χ3v) is 6.60. The van der Waals surface area contributed by atoms with Gasteiger partial charge in [0.15, 0.2) is 0 Å². The first-order valence-corrected chi connectivity index (χ1v) is 12.4. The molecule has 2 aromatic heterocycles. The van der Waals surface area contributed by atoms with Crippen LogP contribution in [0.1, 0.15) is 38.5 Å². The lowest BCUT2D eigenvalue weighted by Gasteiger charge is -2.27. The largest absolute Gasteiger partial charge is 0.490 e. The molecule has 1 saturated carbocycles. The molecule has 8 nitrogen and oxygen atoms in total. The Balaban J connectivity index is 0.000000479. The smallest absolute Gasteiger partial charge is 0.475 e. The van der Waals surface area contributed by atoms with Crippen LogP contribution in [0.5, 0.6) is 0 Å². The van der Waals surface area contributed by atoms with Crippen molar-refractivity contribution >= 4 is 29.1 Å². The van der Waals surface area contributed by atoms with E-state index in [-0.39, 0.29) is 0 Å². The number of alkyl halides is 3. The molecule has 13 heteroatoms. The molecule has 2 aliphatic rings. The van der Waals surface area contributed by atoms with E-state index in [1.807, 2.05) is 6.07 Å². The maximum atomic E-state index is 14.3. The molecule has 5 N–H and O–H groups in total. The van der Waals surface area contributed by atoms with Gasteiger partial charge in [0.05, 0.1) is 10.7 Å². The summed E-state index contributed by atoms with van der Waals surface area (Å²) in [4.78, 5) is 17.3. The molecular formula is C24H30ClF4N5O3. The molecule has 0 amide bonds. The number of halogens is 5. The molecule has 1 aliphatic heterocycles. The van der Waals surface area contributed by atoms with Crippen molar-refractivity contribution in [2.45, 2.75) is 56.8 Å². The number of ether oxygens (including phenoxy) is 1. The Morgan fingerprint density at radius 3 is 2.38 bits per heavy atom. The molecule has 0 aromatic carbocycles. The van der Waals surface area contributed by atoms with Crippen molar-refractivity contribution in [2.75, 3.05) is 30.4 Å². The number of hydrogen-bond acceptors (Lipinski definition) is 7. The molecule has 0 radical (unpaired) electrons. The summed E-state index contributed by atoms with van der Waals surface area (Å²) in [7, 11) is 0. The van der Waals surface area contributed by atoms with Gasteiger partial charge in [0.25, 0.3) is 0 Å². The van der Waals surface area contributed by atoms with E-state index in [0.29, 0.717) is 35.3 Å². The van der Waals surface area contributed by atoms with E-state index >= 15 is 0 Å². The molecule has 1 aliphatic carbocycles. The number of nitrogens with zero attached hydrogens (tertiary/aromatic N) is 2. The van der Waals surface area contributed by atoms with Gasteiger partial charge in [0, 0.05) is 55.4 Å². The molecule has 0 atom stereocenters. The van der Waals surface area contributed by atoms with Gasteiger partial charge in [-0.25, -0.2) is 14.8 Å². The van der Waals surface area contributed by atoms with Gasteiger partial charge in [-0.1, -0.05) is 11.6 Å². The standard InChI is InChI=1S/C22H29ClFN5O.C2HF3O2/c23-19-13-27-21(29-17-3-1-16(25)2-4-17)10-18(19)15-9-20(22(24)28-12-15)26-11-14-5-7-30-8-6-14;3-2(4,5)1(6)7/h9-10,12-14,16-17,26H,1-8,11,25H2,(H,27,29);(H,6,7)/t16-,17-;. The summed E-state index contributed by atoms with van der Waals surface area (Å²) in [5.41, 5.74) is 7.93. The zero-order valence-corrected chi connectivity index (χ0v) is 20.8. The quantitative estimate of drug-likeness (QED) is 0.291. The number of hydrogen-bond donors (Lipinski definition) is 4. The van der Waals surface area contributed by atoms with Crippen molar-refractivity contribution < 1.29 is 32.2 Å². The predicted molar refractivity (Wildman–Crippen MR) is 132 cm³/mol. The average molecular weight is 548 g/mol. The highest BCUT2D eigenvalue weighted by Gasteiger charge is 2.38. The van der Waals surface area contributed by atoms with Crippen LogP contribution in [0.2, 0.25) is 5.02 Å². The lowest BCUT2D eigenvalue weighted by atomic mass is 9.92. The molecule has 4 rings (SSSR count). The van der Waals surface area contributed by atoms with Crippen LogP contribution in [0.15, 0.2) is 24.5 Å². The first kappa shape index (κ1) is 28.9. The zero-order chi connectivity index (χ0) is 27.0. The average Bonchev–Trinajstić information content (AvgIpc) is 2.86. The summed E-state index contributed by atoms with van der Waals surface area (Å²) >= 11 is 6.42. The molecule has 2 aromatic rings. The highest BCUT2D eigenvalue weighted by molar-refractivity contribution is 6.33. The number of aliphatic carboxylic acids is 1. The summed E-state index contributed by atoms with van der Waals surface area (Å²) in [5.74, 6) is -2.03. The van der Waals surface area contributed by atoms with Gasteiger partial charge < -0.3 is 26.2 Å². The lowest BCUT2D eigenvalue weighted by molar-refractivity contribution is -0.192. The van der Waals surface area contributed by atoms with Crippen LogP contribution in [-0.4, -0.2) is 59.1 Å². The third-order valence-electron chi connectivity index (χ3n) is 6.29. The Kier molecular flexibility index (Phi) is 10.3. The van der Waals surface area contributed by atoms with Gasteiger partial charge >= 0.3 is 12.1 Å². The van der Waals surface area contributed by atoms with E-state index in [4.69, 9.17) is 32.0 Å². The minimum Gasteiger partial charge on any atom is -0.475 e. The normalized spacial score (nSPS) is 20.5. The molecule has 0 unspecified atom stereocenters. The Morgan fingerprint density at radius 2 is 1.76 bits per heavy atom. The molecule has 2 fully saturated rings. The van der Waals surface area contributed by atoms with Crippen LogP contribution in [0.3, 0.4) is 0 Å². The van der Waals surface area contributed by atoms with Crippen molar-refractivity contribution in [1.29, 1.82) is 0 Å².